The SMILES string of the molecule is Cc1oc2ccccc2c1N1CC1. The van der Waals surface area contributed by atoms with Crippen LogP contribution in [0.2, 0.25) is 0 Å². The summed E-state index contributed by atoms with van der Waals surface area (Å²) in [6.07, 6.45) is 0. The molecular weight excluding hydrogens is 162 g/mol. The van der Waals surface area contributed by atoms with Gasteiger partial charge < -0.3 is 9.32 Å². The summed E-state index contributed by atoms with van der Waals surface area (Å²) in [5.74, 6) is 1.04. The Balaban J connectivity index is 2.35. The van der Waals surface area contributed by atoms with Gasteiger partial charge in [0, 0.05) is 18.5 Å². The molecule has 1 saturated heterocycles. The van der Waals surface area contributed by atoms with E-state index in [4.69, 9.17) is 4.42 Å². The van der Waals surface area contributed by atoms with Crippen LogP contribution in [0.4, 0.5) is 5.69 Å². The Bertz CT molecular complexity index is 454. The number of hydrogen-bond donors (Lipinski definition) is 0. The van der Waals surface area contributed by atoms with E-state index in [0.29, 0.717) is 0 Å². The lowest BCUT2D eigenvalue weighted by Crippen LogP contribution is -1.90. The van der Waals surface area contributed by atoms with Crippen LogP contribution >= 0.6 is 0 Å². The molecule has 0 N–H and O–H groups in total. The Morgan fingerprint density at radius 1 is 1.23 bits per heavy atom. The highest BCUT2D eigenvalue weighted by Crippen LogP contribution is 2.35. The maximum Gasteiger partial charge on any atom is 0.136 e. The van der Waals surface area contributed by atoms with Crippen LogP contribution in [0.5, 0.6) is 0 Å². The smallest absolute Gasteiger partial charge is 0.136 e. The molecule has 0 amide bonds. The molecule has 1 aromatic carbocycles. The van der Waals surface area contributed by atoms with Crippen molar-refractivity contribution < 1.29 is 4.42 Å². The van der Waals surface area contributed by atoms with Crippen LogP contribution < -0.4 is 4.90 Å². The molecule has 0 bridgehead atoms. The first-order valence-electron chi connectivity index (χ1n) is 4.59. The summed E-state index contributed by atoms with van der Waals surface area (Å²) in [6.45, 7) is 4.38. The Hall–Kier alpha value is -1.44. The number of benzene rings is 1. The average Bonchev–Trinajstić information content (AvgIpc) is 2.88. The van der Waals surface area contributed by atoms with E-state index < -0.39 is 0 Å². The van der Waals surface area contributed by atoms with E-state index in [1.807, 2.05) is 19.1 Å². The predicted octanol–water partition coefficient (Wildman–Crippen LogP) is 2.56. The zero-order valence-corrected chi connectivity index (χ0v) is 7.58. The average molecular weight is 173 g/mol. The van der Waals surface area contributed by atoms with Crippen LogP contribution in [0.25, 0.3) is 11.0 Å². The lowest BCUT2D eigenvalue weighted by molar-refractivity contribution is 0.579. The Morgan fingerprint density at radius 3 is 2.77 bits per heavy atom. The van der Waals surface area contributed by atoms with Gasteiger partial charge in [-0.3, -0.25) is 0 Å². The number of para-hydroxylation sites is 1. The molecule has 2 aromatic rings. The number of anilines is 1. The first-order chi connectivity index (χ1) is 6.36. The van der Waals surface area contributed by atoms with Crippen molar-refractivity contribution in [3.63, 3.8) is 0 Å². The van der Waals surface area contributed by atoms with Crippen LogP contribution in [0.3, 0.4) is 0 Å². The third-order valence-corrected chi connectivity index (χ3v) is 2.50. The summed E-state index contributed by atoms with van der Waals surface area (Å²) in [4.78, 5) is 2.33. The molecule has 0 unspecified atom stereocenters. The van der Waals surface area contributed by atoms with Crippen molar-refractivity contribution in [2.75, 3.05) is 18.0 Å². The molecule has 0 atom stereocenters. The normalized spacial score (nSPS) is 15.3. The summed E-state index contributed by atoms with van der Waals surface area (Å²) in [6, 6.07) is 8.22. The van der Waals surface area contributed by atoms with Crippen molar-refractivity contribution in [3.8, 4) is 0 Å². The van der Waals surface area contributed by atoms with Crippen LogP contribution in [0, 0.1) is 6.92 Å². The summed E-state index contributed by atoms with van der Waals surface area (Å²) in [5.41, 5.74) is 2.29. The number of nitrogens with zero attached hydrogens (tertiary/aromatic N) is 1. The molecule has 2 nitrogen and oxygen atoms in total. The van der Waals surface area contributed by atoms with Gasteiger partial charge in [-0.1, -0.05) is 12.1 Å². The molecular formula is C11H11NO. The van der Waals surface area contributed by atoms with Crippen molar-refractivity contribution in [2.45, 2.75) is 6.92 Å². The second-order valence-electron chi connectivity index (χ2n) is 3.49. The topological polar surface area (TPSA) is 16.1 Å². The summed E-state index contributed by atoms with van der Waals surface area (Å²) < 4.78 is 5.66. The van der Waals surface area contributed by atoms with E-state index in [-0.39, 0.29) is 0 Å². The number of furan rings is 1. The molecule has 0 spiro atoms. The van der Waals surface area contributed by atoms with E-state index in [1.54, 1.807) is 0 Å². The maximum absolute atomic E-state index is 5.66. The van der Waals surface area contributed by atoms with E-state index in [2.05, 4.69) is 17.0 Å². The quantitative estimate of drug-likeness (QED) is 0.616. The monoisotopic (exact) mass is 173 g/mol. The van der Waals surface area contributed by atoms with Gasteiger partial charge in [0.05, 0.1) is 5.69 Å². The molecule has 13 heavy (non-hydrogen) atoms. The minimum absolute atomic E-state index is 1.00. The van der Waals surface area contributed by atoms with E-state index in [0.717, 1.165) is 11.3 Å². The fourth-order valence-corrected chi connectivity index (χ4v) is 1.82. The Morgan fingerprint density at radius 2 is 2.00 bits per heavy atom. The minimum Gasteiger partial charge on any atom is -0.459 e. The second kappa shape index (κ2) is 2.28. The van der Waals surface area contributed by atoms with E-state index in [1.165, 1.54) is 24.2 Å². The molecule has 0 saturated carbocycles. The standard InChI is InChI=1S/C11H11NO/c1-8-11(12-6-7-12)9-4-2-3-5-10(9)13-8/h2-5H,6-7H2,1H3. The predicted molar refractivity (Wildman–Crippen MR) is 53.2 cm³/mol. The van der Waals surface area contributed by atoms with Gasteiger partial charge in [-0.25, -0.2) is 0 Å². The zero-order chi connectivity index (χ0) is 8.84. The van der Waals surface area contributed by atoms with Gasteiger partial charge in [0.2, 0.25) is 0 Å². The zero-order valence-electron chi connectivity index (χ0n) is 7.58. The first kappa shape index (κ1) is 7.01. The van der Waals surface area contributed by atoms with Gasteiger partial charge >= 0.3 is 0 Å². The molecule has 2 heterocycles. The number of hydrogen-bond acceptors (Lipinski definition) is 2. The molecule has 1 fully saturated rings. The first-order valence-corrected chi connectivity index (χ1v) is 4.59. The van der Waals surface area contributed by atoms with Crippen LogP contribution in [-0.2, 0) is 0 Å². The Kier molecular flexibility index (Phi) is 1.23. The van der Waals surface area contributed by atoms with E-state index >= 15 is 0 Å². The molecule has 3 rings (SSSR count). The lowest BCUT2D eigenvalue weighted by atomic mass is 10.2. The minimum atomic E-state index is 1.00. The number of fused-ring (bicyclic) bond motifs is 1. The van der Waals surface area contributed by atoms with Crippen molar-refractivity contribution in [3.05, 3.63) is 30.0 Å². The molecule has 1 aliphatic rings. The molecule has 66 valence electrons. The number of rotatable bonds is 1. The van der Waals surface area contributed by atoms with Crippen molar-refractivity contribution in [2.24, 2.45) is 0 Å². The maximum atomic E-state index is 5.66. The number of aryl methyl sites for hydroxylation is 1. The van der Waals surface area contributed by atoms with Crippen LogP contribution in [-0.4, -0.2) is 13.1 Å². The van der Waals surface area contributed by atoms with Crippen molar-refractivity contribution in [1.29, 1.82) is 0 Å². The Labute approximate surface area is 76.8 Å². The summed E-state index contributed by atoms with van der Waals surface area (Å²) in [5, 5.41) is 1.25. The fraction of sp³-hybridized carbons (Fsp3) is 0.273. The second-order valence-corrected chi connectivity index (χ2v) is 3.49. The van der Waals surface area contributed by atoms with Gasteiger partial charge in [0.25, 0.3) is 0 Å². The molecule has 2 heteroatoms. The van der Waals surface area contributed by atoms with Crippen molar-refractivity contribution >= 4 is 16.7 Å². The molecule has 1 aliphatic heterocycles. The van der Waals surface area contributed by atoms with Crippen LogP contribution in [0.1, 0.15) is 5.76 Å². The summed E-state index contributed by atoms with van der Waals surface area (Å²) in [7, 11) is 0. The van der Waals surface area contributed by atoms with Gasteiger partial charge in [0.15, 0.2) is 0 Å². The fourth-order valence-electron chi connectivity index (χ4n) is 1.82. The lowest BCUT2D eigenvalue weighted by Gasteiger charge is -1.98. The van der Waals surface area contributed by atoms with Crippen LogP contribution in [0.15, 0.2) is 28.7 Å². The molecule has 0 aliphatic carbocycles. The van der Waals surface area contributed by atoms with Gasteiger partial charge in [-0.15, -0.1) is 0 Å². The molecule has 0 radical (unpaired) electrons. The third-order valence-electron chi connectivity index (χ3n) is 2.50. The van der Waals surface area contributed by atoms with E-state index in [9.17, 15) is 0 Å². The van der Waals surface area contributed by atoms with Gasteiger partial charge in [0.1, 0.15) is 11.3 Å². The summed E-state index contributed by atoms with van der Waals surface area (Å²) >= 11 is 0. The highest BCUT2D eigenvalue weighted by Gasteiger charge is 2.24. The van der Waals surface area contributed by atoms with Crippen molar-refractivity contribution in [1.82, 2.24) is 0 Å². The van der Waals surface area contributed by atoms with Gasteiger partial charge in [-0.2, -0.15) is 0 Å². The van der Waals surface area contributed by atoms with Gasteiger partial charge in [-0.05, 0) is 19.1 Å². The highest BCUT2D eigenvalue weighted by molar-refractivity contribution is 5.93. The largest absolute Gasteiger partial charge is 0.459 e. The highest BCUT2D eigenvalue weighted by atomic mass is 16.3. The molecule has 1 aromatic heterocycles. The third kappa shape index (κ3) is 0.949.